The highest BCUT2D eigenvalue weighted by molar-refractivity contribution is 5.26. The first-order valence-electron chi connectivity index (χ1n) is 9.13. The van der Waals surface area contributed by atoms with Crippen molar-refractivity contribution in [1.29, 1.82) is 0 Å². The van der Waals surface area contributed by atoms with Gasteiger partial charge < -0.3 is 9.47 Å². The summed E-state index contributed by atoms with van der Waals surface area (Å²) in [6, 6.07) is 30.6. The monoisotopic (exact) mass is 348 g/mol. The van der Waals surface area contributed by atoms with Crippen molar-refractivity contribution in [1.82, 2.24) is 0 Å². The van der Waals surface area contributed by atoms with Gasteiger partial charge in [-0.2, -0.15) is 0 Å². The normalized spacial score (nSPS) is 9.88. The molecule has 0 bridgehead atoms. The number of ether oxygens (including phenoxy) is 2. The van der Waals surface area contributed by atoms with Crippen LogP contribution in [-0.4, -0.2) is 13.7 Å². The zero-order valence-electron chi connectivity index (χ0n) is 15.5. The summed E-state index contributed by atoms with van der Waals surface area (Å²) in [6.45, 7) is 1.49. The molecule has 0 atom stereocenters. The van der Waals surface area contributed by atoms with Crippen LogP contribution in [0.4, 0.5) is 0 Å². The zero-order valence-corrected chi connectivity index (χ0v) is 15.5. The van der Waals surface area contributed by atoms with E-state index >= 15 is 0 Å². The lowest BCUT2D eigenvalue weighted by atomic mass is 10.1. The van der Waals surface area contributed by atoms with Crippen LogP contribution < -0.4 is 4.74 Å². The highest BCUT2D eigenvalue weighted by Crippen LogP contribution is 2.12. The number of hydrogen-bond acceptors (Lipinski definition) is 2. The van der Waals surface area contributed by atoms with E-state index in [0.29, 0.717) is 6.61 Å². The molecule has 136 valence electrons. The minimum Gasteiger partial charge on any atom is -0.497 e. The SMILES string of the molecule is COc1ccc(COCCCCc2ccccc2)cc1.c1ccccc1. The van der Waals surface area contributed by atoms with Crippen LogP contribution in [0, 0.1) is 0 Å². The predicted molar refractivity (Wildman–Crippen MR) is 108 cm³/mol. The molecule has 0 saturated heterocycles. The van der Waals surface area contributed by atoms with E-state index in [2.05, 4.69) is 30.3 Å². The Morgan fingerprint density at radius 2 is 1.19 bits per heavy atom. The zero-order chi connectivity index (χ0) is 18.3. The molecule has 3 aromatic carbocycles. The number of methoxy groups -OCH3 is 1. The van der Waals surface area contributed by atoms with Gasteiger partial charge in [-0.1, -0.05) is 78.9 Å². The maximum atomic E-state index is 5.69. The molecule has 0 unspecified atom stereocenters. The summed E-state index contributed by atoms with van der Waals surface area (Å²) >= 11 is 0. The van der Waals surface area contributed by atoms with E-state index in [9.17, 15) is 0 Å². The van der Waals surface area contributed by atoms with E-state index in [1.54, 1.807) is 7.11 Å². The number of hydrogen-bond donors (Lipinski definition) is 0. The Kier molecular flexibility index (Phi) is 9.67. The van der Waals surface area contributed by atoms with Crippen molar-refractivity contribution in [2.24, 2.45) is 0 Å². The van der Waals surface area contributed by atoms with Crippen LogP contribution in [0.1, 0.15) is 24.0 Å². The Bertz CT molecular complexity index is 652. The Balaban J connectivity index is 0.000000342. The summed E-state index contributed by atoms with van der Waals surface area (Å²) < 4.78 is 10.8. The van der Waals surface area contributed by atoms with Crippen LogP contribution in [0.2, 0.25) is 0 Å². The van der Waals surface area contributed by atoms with Gasteiger partial charge in [-0.05, 0) is 42.5 Å². The quantitative estimate of drug-likeness (QED) is 0.470. The van der Waals surface area contributed by atoms with Crippen molar-refractivity contribution >= 4 is 0 Å². The molecule has 0 aliphatic carbocycles. The van der Waals surface area contributed by atoms with Crippen LogP contribution in [-0.2, 0) is 17.8 Å². The highest BCUT2D eigenvalue weighted by Gasteiger charge is 1.96. The molecule has 0 aliphatic rings. The topological polar surface area (TPSA) is 18.5 Å². The molecule has 0 aromatic heterocycles. The highest BCUT2D eigenvalue weighted by atomic mass is 16.5. The second-order valence-electron chi connectivity index (χ2n) is 6.00. The van der Waals surface area contributed by atoms with Gasteiger partial charge in [0.05, 0.1) is 13.7 Å². The first-order valence-corrected chi connectivity index (χ1v) is 9.13. The van der Waals surface area contributed by atoms with Crippen molar-refractivity contribution in [3.05, 3.63) is 102 Å². The van der Waals surface area contributed by atoms with Crippen LogP contribution in [0.25, 0.3) is 0 Å². The van der Waals surface area contributed by atoms with Gasteiger partial charge >= 0.3 is 0 Å². The minimum atomic E-state index is 0.676. The number of rotatable bonds is 8. The van der Waals surface area contributed by atoms with Gasteiger partial charge in [0, 0.05) is 6.61 Å². The van der Waals surface area contributed by atoms with Crippen LogP contribution >= 0.6 is 0 Å². The maximum Gasteiger partial charge on any atom is 0.118 e. The molecule has 2 heteroatoms. The van der Waals surface area contributed by atoms with Gasteiger partial charge in [0.25, 0.3) is 0 Å². The second-order valence-corrected chi connectivity index (χ2v) is 6.00. The van der Waals surface area contributed by atoms with Gasteiger partial charge in [-0.3, -0.25) is 0 Å². The Morgan fingerprint density at radius 1 is 0.615 bits per heavy atom. The van der Waals surface area contributed by atoms with E-state index < -0.39 is 0 Å². The average molecular weight is 348 g/mol. The Labute approximate surface area is 157 Å². The second kappa shape index (κ2) is 12.7. The third kappa shape index (κ3) is 8.50. The molecule has 3 rings (SSSR count). The fourth-order valence-corrected chi connectivity index (χ4v) is 2.47. The minimum absolute atomic E-state index is 0.676. The third-order valence-electron chi connectivity index (χ3n) is 3.94. The van der Waals surface area contributed by atoms with Gasteiger partial charge in [-0.15, -0.1) is 0 Å². The van der Waals surface area contributed by atoms with Gasteiger partial charge in [-0.25, -0.2) is 0 Å². The van der Waals surface area contributed by atoms with Crippen LogP contribution in [0.3, 0.4) is 0 Å². The van der Waals surface area contributed by atoms with Crippen molar-refractivity contribution in [2.75, 3.05) is 13.7 Å². The van der Waals surface area contributed by atoms with E-state index in [1.807, 2.05) is 60.7 Å². The molecule has 0 aliphatic heterocycles. The van der Waals surface area contributed by atoms with E-state index in [-0.39, 0.29) is 0 Å². The lowest BCUT2D eigenvalue weighted by Crippen LogP contribution is -1.96. The molecule has 0 N–H and O–H groups in total. The fraction of sp³-hybridized carbons (Fsp3) is 0.250. The maximum absolute atomic E-state index is 5.69. The molecule has 0 radical (unpaired) electrons. The summed E-state index contributed by atoms with van der Waals surface area (Å²) in [5, 5.41) is 0. The summed E-state index contributed by atoms with van der Waals surface area (Å²) in [4.78, 5) is 0. The summed E-state index contributed by atoms with van der Waals surface area (Å²) in [6.07, 6.45) is 3.41. The molecule has 2 nitrogen and oxygen atoms in total. The summed E-state index contributed by atoms with van der Waals surface area (Å²) in [5.41, 5.74) is 2.59. The Morgan fingerprint density at radius 3 is 1.77 bits per heavy atom. The lowest BCUT2D eigenvalue weighted by Gasteiger charge is -2.06. The molecule has 26 heavy (non-hydrogen) atoms. The predicted octanol–water partition coefficient (Wildman–Crippen LogP) is 5.92. The van der Waals surface area contributed by atoms with Crippen molar-refractivity contribution in [2.45, 2.75) is 25.9 Å². The average Bonchev–Trinajstić information content (AvgIpc) is 2.73. The van der Waals surface area contributed by atoms with Crippen molar-refractivity contribution in [3.63, 3.8) is 0 Å². The van der Waals surface area contributed by atoms with E-state index in [4.69, 9.17) is 9.47 Å². The Hall–Kier alpha value is -2.58. The van der Waals surface area contributed by atoms with E-state index in [0.717, 1.165) is 25.2 Å². The number of aryl methyl sites for hydroxylation is 1. The van der Waals surface area contributed by atoms with E-state index in [1.165, 1.54) is 17.5 Å². The molecule has 3 aromatic rings. The summed E-state index contributed by atoms with van der Waals surface area (Å²) in [5.74, 6) is 0.886. The third-order valence-corrected chi connectivity index (χ3v) is 3.94. The number of unbranched alkanes of at least 4 members (excludes halogenated alkanes) is 1. The summed E-state index contributed by atoms with van der Waals surface area (Å²) in [7, 11) is 1.68. The van der Waals surface area contributed by atoms with Gasteiger partial charge in [0.1, 0.15) is 5.75 Å². The van der Waals surface area contributed by atoms with Crippen LogP contribution in [0.15, 0.2) is 91.0 Å². The first kappa shape index (κ1) is 19.7. The standard InChI is InChI=1S/C18H22O2.C6H6/c1-19-18-12-10-17(11-13-18)15-20-14-6-5-9-16-7-3-2-4-8-16;1-2-4-6-5-3-1/h2-4,7-8,10-13H,5-6,9,14-15H2,1H3;1-6H. The van der Waals surface area contributed by atoms with Crippen molar-refractivity contribution in [3.8, 4) is 5.75 Å². The molecule has 0 fully saturated rings. The molecule has 0 saturated carbocycles. The largest absolute Gasteiger partial charge is 0.497 e. The molecular weight excluding hydrogens is 320 g/mol. The van der Waals surface area contributed by atoms with Crippen molar-refractivity contribution < 1.29 is 9.47 Å². The molecule has 0 heterocycles. The van der Waals surface area contributed by atoms with Crippen LogP contribution in [0.5, 0.6) is 5.75 Å². The first-order chi connectivity index (χ1) is 12.9. The van der Waals surface area contributed by atoms with Gasteiger partial charge in [0.15, 0.2) is 0 Å². The molecule has 0 amide bonds. The molecular formula is C24H28O2. The van der Waals surface area contributed by atoms with Gasteiger partial charge in [0.2, 0.25) is 0 Å². The molecule has 0 spiro atoms. The fourth-order valence-electron chi connectivity index (χ4n) is 2.47. The lowest BCUT2D eigenvalue weighted by molar-refractivity contribution is 0.117. The number of benzene rings is 3. The smallest absolute Gasteiger partial charge is 0.118 e.